The molecule has 0 fully saturated rings. The third kappa shape index (κ3) is 3.54. The molecule has 0 N–H and O–H groups in total. The van der Waals surface area contributed by atoms with Gasteiger partial charge in [0.05, 0.1) is 0 Å². The zero-order chi connectivity index (χ0) is 17.7. The van der Waals surface area contributed by atoms with E-state index in [1.807, 2.05) is 34.0 Å². The molecule has 0 aliphatic heterocycles. The van der Waals surface area contributed by atoms with Crippen LogP contribution >= 0.6 is 34.0 Å². The highest BCUT2D eigenvalue weighted by Crippen LogP contribution is 2.45. The fraction of sp³-hybridized carbons (Fsp3) is 0.429. The van der Waals surface area contributed by atoms with Gasteiger partial charge < -0.3 is 0 Å². The third-order valence-electron chi connectivity index (χ3n) is 4.07. The van der Waals surface area contributed by atoms with Crippen LogP contribution in [0.25, 0.3) is 19.5 Å². The Balaban J connectivity index is 1.96. The van der Waals surface area contributed by atoms with Crippen molar-refractivity contribution in [3.63, 3.8) is 0 Å². The lowest BCUT2D eigenvalue weighted by Crippen LogP contribution is -2.07. The lowest BCUT2D eigenvalue weighted by Gasteiger charge is -2.15. The topological polar surface area (TPSA) is 0 Å². The molecule has 0 nitrogen and oxygen atoms in total. The molecule has 3 rings (SSSR count). The van der Waals surface area contributed by atoms with Gasteiger partial charge in [-0.05, 0) is 53.6 Å². The smallest absolute Gasteiger partial charge is 0.0478 e. The van der Waals surface area contributed by atoms with Crippen molar-refractivity contribution in [1.82, 2.24) is 0 Å². The average molecular weight is 375 g/mol. The Bertz CT molecular complexity index is 844. The van der Waals surface area contributed by atoms with E-state index < -0.39 is 0 Å². The van der Waals surface area contributed by atoms with Crippen LogP contribution in [0.4, 0.5) is 0 Å². The van der Waals surface area contributed by atoms with Crippen LogP contribution < -0.4 is 0 Å². The van der Waals surface area contributed by atoms with Gasteiger partial charge >= 0.3 is 0 Å². The maximum absolute atomic E-state index is 2.36. The Labute approximate surface area is 158 Å². The quantitative estimate of drug-likeness (QED) is 0.425. The highest BCUT2D eigenvalue weighted by atomic mass is 32.1. The number of hydrogen-bond donors (Lipinski definition) is 0. The van der Waals surface area contributed by atoms with Crippen LogP contribution in [0.15, 0.2) is 30.3 Å². The molecule has 0 spiro atoms. The van der Waals surface area contributed by atoms with Crippen molar-refractivity contribution in [1.29, 1.82) is 0 Å². The van der Waals surface area contributed by atoms with Gasteiger partial charge in [0.1, 0.15) is 0 Å². The van der Waals surface area contributed by atoms with Gasteiger partial charge in [-0.3, -0.25) is 0 Å². The van der Waals surface area contributed by atoms with Crippen LogP contribution in [0.2, 0.25) is 0 Å². The molecule has 0 atom stereocenters. The van der Waals surface area contributed by atoms with E-state index in [1.165, 1.54) is 34.8 Å². The van der Waals surface area contributed by atoms with E-state index in [4.69, 9.17) is 0 Å². The summed E-state index contributed by atoms with van der Waals surface area (Å²) in [7, 11) is 0. The minimum atomic E-state index is 0.228. The molecule has 3 aromatic rings. The van der Waals surface area contributed by atoms with E-state index >= 15 is 0 Å². The molecule has 0 bridgehead atoms. The summed E-state index contributed by atoms with van der Waals surface area (Å²) in [5.74, 6) is 0. The standard InChI is InChI=1S/C21H26S3/c1-13-12-16(14-8-10-17(22-14)20(2,3)4)24-19(13)15-9-11-18(23-15)21(5,6)7/h8-12H,1-7H3. The van der Waals surface area contributed by atoms with Gasteiger partial charge in [-0.1, -0.05) is 41.5 Å². The molecule has 3 aromatic heterocycles. The van der Waals surface area contributed by atoms with Crippen LogP contribution in [0.5, 0.6) is 0 Å². The Kier molecular flexibility index (Phi) is 4.57. The summed E-state index contributed by atoms with van der Waals surface area (Å²) < 4.78 is 0. The van der Waals surface area contributed by atoms with Crippen molar-refractivity contribution in [3.05, 3.63) is 45.6 Å². The lowest BCUT2D eigenvalue weighted by molar-refractivity contribution is 0.603. The van der Waals surface area contributed by atoms with Gasteiger partial charge in [0.15, 0.2) is 0 Å². The van der Waals surface area contributed by atoms with E-state index in [-0.39, 0.29) is 10.8 Å². The highest BCUT2D eigenvalue weighted by Gasteiger charge is 2.20. The molecule has 0 aliphatic rings. The number of thiophene rings is 3. The Morgan fingerprint density at radius 1 is 0.625 bits per heavy atom. The molecule has 3 heteroatoms. The number of aryl methyl sites for hydroxylation is 1. The molecule has 0 saturated carbocycles. The SMILES string of the molecule is Cc1cc(-c2ccc(C(C)(C)C)s2)sc1-c1ccc(C(C)(C)C)s1. The molecule has 0 aliphatic carbocycles. The second-order valence-electron chi connectivity index (χ2n) is 8.45. The van der Waals surface area contributed by atoms with Crippen molar-refractivity contribution in [2.75, 3.05) is 0 Å². The number of rotatable bonds is 2. The summed E-state index contributed by atoms with van der Waals surface area (Å²) in [4.78, 5) is 8.53. The van der Waals surface area contributed by atoms with Gasteiger partial charge in [0, 0.05) is 29.3 Å². The van der Waals surface area contributed by atoms with Crippen LogP contribution in [0.3, 0.4) is 0 Å². The molecular weight excluding hydrogens is 348 g/mol. The normalized spacial score (nSPS) is 12.8. The minimum Gasteiger partial charge on any atom is -0.139 e. The zero-order valence-corrected chi connectivity index (χ0v) is 18.1. The fourth-order valence-electron chi connectivity index (χ4n) is 2.58. The molecule has 0 amide bonds. The molecular formula is C21H26S3. The summed E-state index contributed by atoms with van der Waals surface area (Å²) in [6, 6.07) is 11.5. The molecule has 0 unspecified atom stereocenters. The predicted molar refractivity (Wildman–Crippen MR) is 113 cm³/mol. The van der Waals surface area contributed by atoms with Gasteiger partial charge in [-0.15, -0.1) is 34.0 Å². The fourth-order valence-corrected chi connectivity index (χ4v) is 6.14. The molecule has 128 valence electrons. The van der Waals surface area contributed by atoms with Gasteiger partial charge in [-0.2, -0.15) is 0 Å². The van der Waals surface area contributed by atoms with E-state index in [2.05, 4.69) is 78.8 Å². The molecule has 24 heavy (non-hydrogen) atoms. The maximum atomic E-state index is 2.36. The molecule has 3 heterocycles. The predicted octanol–water partition coefficient (Wildman–Crippen LogP) is 8.11. The van der Waals surface area contributed by atoms with Crippen molar-refractivity contribution < 1.29 is 0 Å². The number of hydrogen-bond acceptors (Lipinski definition) is 3. The summed E-state index contributed by atoms with van der Waals surface area (Å²) in [5, 5.41) is 0. The van der Waals surface area contributed by atoms with Crippen LogP contribution in [0.1, 0.15) is 56.9 Å². The first-order valence-electron chi connectivity index (χ1n) is 8.37. The van der Waals surface area contributed by atoms with Gasteiger partial charge in [0.25, 0.3) is 0 Å². The van der Waals surface area contributed by atoms with Crippen molar-refractivity contribution in [3.8, 4) is 19.5 Å². The zero-order valence-electron chi connectivity index (χ0n) is 15.6. The maximum Gasteiger partial charge on any atom is 0.0478 e. The second-order valence-corrected chi connectivity index (χ2v) is 11.7. The first kappa shape index (κ1) is 17.9. The van der Waals surface area contributed by atoms with Crippen molar-refractivity contribution in [2.24, 2.45) is 0 Å². The summed E-state index contributed by atoms with van der Waals surface area (Å²) >= 11 is 5.81. The average Bonchev–Trinajstić information content (AvgIpc) is 3.14. The molecule has 0 aromatic carbocycles. The molecule has 0 radical (unpaired) electrons. The minimum absolute atomic E-state index is 0.228. The van der Waals surface area contributed by atoms with E-state index in [9.17, 15) is 0 Å². The summed E-state index contributed by atoms with van der Waals surface area (Å²) in [6.45, 7) is 16.0. The Morgan fingerprint density at radius 3 is 1.62 bits per heavy atom. The highest BCUT2D eigenvalue weighted by molar-refractivity contribution is 7.26. The first-order valence-corrected chi connectivity index (χ1v) is 10.8. The van der Waals surface area contributed by atoms with Gasteiger partial charge in [0.2, 0.25) is 0 Å². The lowest BCUT2D eigenvalue weighted by atomic mass is 9.95. The van der Waals surface area contributed by atoms with Gasteiger partial charge in [-0.25, -0.2) is 0 Å². The monoisotopic (exact) mass is 374 g/mol. The van der Waals surface area contributed by atoms with E-state index in [1.54, 1.807) is 0 Å². The van der Waals surface area contributed by atoms with Crippen LogP contribution in [0, 0.1) is 6.92 Å². The Hall–Kier alpha value is -0.900. The largest absolute Gasteiger partial charge is 0.139 e. The van der Waals surface area contributed by atoms with Crippen LogP contribution in [-0.2, 0) is 10.8 Å². The Morgan fingerprint density at radius 2 is 1.12 bits per heavy atom. The van der Waals surface area contributed by atoms with Crippen LogP contribution in [-0.4, -0.2) is 0 Å². The summed E-state index contributed by atoms with van der Waals surface area (Å²) in [5.41, 5.74) is 1.85. The second kappa shape index (κ2) is 6.12. The summed E-state index contributed by atoms with van der Waals surface area (Å²) in [6.07, 6.45) is 0. The van der Waals surface area contributed by atoms with Crippen molar-refractivity contribution >= 4 is 34.0 Å². The van der Waals surface area contributed by atoms with E-state index in [0.29, 0.717) is 0 Å². The van der Waals surface area contributed by atoms with E-state index in [0.717, 1.165) is 0 Å². The first-order chi connectivity index (χ1) is 11.1. The van der Waals surface area contributed by atoms with Crippen molar-refractivity contribution in [2.45, 2.75) is 59.3 Å². The third-order valence-corrected chi connectivity index (χ3v) is 8.71. The molecule has 0 saturated heterocycles.